The van der Waals surface area contributed by atoms with Crippen molar-refractivity contribution < 1.29 is 17.7 Å². The molecule has 0 unspecified atom stereocenters. The van der Waals surface area contributed by atoms with Crippen LogP contribution in [0.2, 0.25) is 0 Å². The molecule has 0 aliphatic carbocycles. The lowest BCUT2D eigenvalue weighted by atomic mass is 10.3. The molecule has 1 aromatic carbocycles. The van der Waals surface area contributed by atoms with Crippen LogP contribution >= 0.6 is 11.3 Å². The van der Waals surface area contributed by atoms with E-state index in [1.54, 1.807) is 12.3 Å². The molecule has 0 saturated heterocycles. The SMILES string of the molecule is Cc1nc(CNS(=O)(=O)c2cccc(F)c2[N+](=O)[O-])cs1. The molecule has 1 N–H and O–H groups in total. The van der Waals surface area contributed by atoms with Crippen LogP contribution in [-0.2, 0) is 16.6 Å². The van der Waals surface area contributed by atoms with E-state index in [1.807, 2.05) is 0 Å². The van der Waals surface area contributed by atoms with Gasteiger partial charge in [-0.05, 0) is 19.1 Å². The number of rotatable bonds is 5. The number of hydrogen-bond acceptors (Lipinski definition) is 6. The van der Waals surface area contributed by atoms with Gasteiger partial charge in [-0.3, -0.25) is 10.1 Å². The molecule has 10 heteroatoms. The minimum atomic E-state index is -4.21. The van der Waals surface area contributed by atoms with E-state index >= 15 is 0 Å². The van der Waals surface area contributed by atoms with Crippen LogP contribution in [0.25, 0.3) is 0 Å². The maximum atomic E-state index is 13.5. The third kappa shape index (κ3) is 3.40. The Labute approximate surface area is 123 Å². The van der Waals surface area contributed by atoms with Crippen LogP contribution in [-0.4, -0.2) is 18.3 Å². The Kier molecular flexibility index (Phi) is 4.30. The van der Waals surface area contributed by atoms with Crippen molar-refractivity contribution in [1.29, 1.82) is 0 Å². The Bertz CT molecular complexity index is 789. The normalized spacial score (nSPS) is 11.5. The van der Waals surface area contributed by atoms with Crippen molar-refractivity contribution in [2.45, 2.75) is 18.4 Å². The number of aryl methyl sites for hydroxylation is 1. The summed E-state index contributed by atoms with van der Waals surface area (Å²) >= 11 is 1.35. The lowest BCUT2D eigenvalue weighted by molar-refractivity contribution is -0.390. The maximum Gasteiger partial charge on any atom is 0.324 e. The van der Waals surface area contributed by atoms with Gasteiger partial charge in [-0.25, -0.2) is 18.1 Å². The van der Waals surface area contributed by atoms with Gasteiger partial charge in [0.25, 0.3) is 0 Å². The van der Waals surface area contributed by atoms with E-state index in [-0.39, 0.29) is 6.54 Å². The van der Waals surface area contributed by atoms with Crippen LogP contribution in [0.1, 0.15) is 10.7 Å². The molecule has 7 nitrogen and oxygen atoms in total. The average Bonchev–Trinajstić information content (AvgIpc) is 2.82. The van der Waals surface area contributed by atoms with Gasteiger partial charge < -0.3 is 0 Å². The molecule has 2 rings (SSSR count). The number of thiazole rings is 1. The van der Waals surface area contributed by atoms with Crippen LogP contribution in [0, 0.1) is 22.9 Å². The summed E-state index contributed by atoms with van der Waals surface area (Å²) in [5.41, 5.74) is -0.584. The largest absolute Gasteiger partial charge is 0.324 e. The number of benzene rings is 1. The van der Waals surface area contributed by atoms with Gasteiger partial charge in [0.15, 0.2) is 4.90 Å². The number of para-hydroxylation sites is 1. The smallest absolute Gasteiger partial charge is 0.258 e. The summed E-state index contributed by atoms with van der Waals surface area (Å²) in [6.07, 6.45) is 0. The zero-order valence-electron chi connectivity index (χ0n) is 10.7. The average molecular weight is 331 g/mol. The van der Waals surface area contributed by atoms with Crippen LogP contribution in [0.4, 0.5) is 10.1 Å². The molecule has 0 fully saturated rings. The molecular formula is C11H10FN3O4S2. The van der Waals surface area contributed by atoms with Crippen LogP contribution in [0.5, 0.6) is 0 Å². The van der Waals surface area contributed by atoms with Gasteiger partial charge in [-0.2, -0.15) is 4.39 Å². The standard InChI is InChI=1S/C11H10FN3O4S2/c1-7-14-8(6-20-7)5-13-21(18,19)10-4-2-3-9(12)11(10)15(16)17/h2-4,6,13H,5H2,1H3. The van der Waals surface area contributed by atoms with Gasteiger partial charge in [-0.1, -0.05) is 6.07 Å². The van der Waals surface area contributed by atoms with Gasteiger partial charge in [0.1, 0.15) is 0 Å². The van der Waals surface area contributed by atoms with Crippen molar-refractivity contribution in [3.63, 3.8) is 0 Å². The number of nitrogens with zero attached hydrogens (tertiary/aromatic N) is 2. The number of nitro benzene ring substituents is 1. The second-order valence-corrected chi connectivity index (χ2v) is 6.82. The maximum absolute atomic E-state index is 13.5. The molecule has 0 atom stereocenters. The molecule has 1 aromatic heterocycles. The van der Waals surface area contributed by atoms with E-state index < -0.39 is 31.3 Å². The highest BCUT2D eigenvalue weighted by Crippen LogP contribution is 2.26. The van der Waals surface area contributed by atoms with Gasteiger partial charge in [0, 0.05) is 5.38 Å². The molecular weight excluding hydrogens is 321 g/mol. The number of nitrogens with one attached hydrogen (secondary N) is 1. The molecule has 0 amide bonds. The summed E-state index contributed by atoms with van der Waals surface area (Å²) in [6.45, 7) is 1.64. The topological polar surface area (TPSA) is 102 Å². The van der Waals surface area contributed by atoms with Crippen molar-refractivity contribution >= 4 is 27.0 Å². The second kappa shape index (κ2) is 5.84. The zero-order chi connectivity index (χ0) is 15.6. The first kappa shape index (κ1) is 15.5. The van der Waals surface area contributed by atoms with E-state index in [0.29, 0.717) is 5.69 Å². The monoisotopic (exact) mass is 331 g/mol. The Morgan fingerprint density at radius 3 is 2.76 bits per heavy atom. The lowest BCUT2D eigenvalue weighted by Gasteiger charge is -2.06. The summed E-state index contributed by atoms with van der Waals surface area (Å²) in [7, 11) is -4.21. The van der Waals surface area contributed by atoms with E-state index in [4.69, 9.17) is 0 Å². The highest BCUT2D eigenvalue weighted by atomic mass is 32.2. The van der Waals surface area contributed by atoms with Crippen LogP contribution in [0.3, 0.4) is 0 Å². The molecule has 0 radical (unpaired) electrons. The molecule has 0 aliphatic heterocycles. The van der Waals surface area contributed by atoms with E-state index in [0.717, 1.165) is 23.2 Å². The fourth-order valence-corrected chi connectivity index (χ4v) is 3.42. The summed E-state index contributed by atoms with van der Waals surface area (Å²) in [4.78, 5) is 13.1. The number of nitro groups is 1. The van der Waals surface area contributed by atoms with Crippen molar-refractivity contribution in [2.24, 2.45) is 0 Å². The third-order valence-electron chi connectivity index (χ3n) is 2.53. The molecule has 112 valence electrons. The number of sulfonamides is 1. The highest BCUT2D eigenvalue weighted by Gasteiger charge is 2.29. The first-order chi connectivity index (χ1) is 9.81. The molecule has 0 bridgehead atoms. The molecule has 2 aromatic rings. The Hall–Kier alpha value is -1.91. The lowest BCUT2D eigenvalue weighted by Crippen LogP contribution is -2.24. The highest BCUT2D eigenvalue weighted by molar-refractivity contribution is 7.89. The predicted octanol–water partition coefficient (Wildman–Crippen LogP) is 1.98. The first-order valence-corrected chi connectivity index (χ1v) is 8.01. The van der Waals surface area contributed by atoms with Gasteiger partial charge in [0.2, 0.25) is 15.8 Å². The van der Waals surface area contributed by atoms with Crippen molar-refractivity contribution in [1.82, 2.24) is 9.71 Å². The van der Waals surface area contributed by atoms with Gasteiger partial charge >= 0.3 is 5.69 Å². The first-order valence-electron chi connectivity index (χ1n) is 5.65. The summed E-state index contributed by atoms with van der Waals surface area (Å²) in [6, 6.07) is 2.92. The number of hydrogen-bond donors (Lipinski definition) is 1. The molecule has 0 aliphatic rings. The Morgan fingerprint density at radius 2 is 2.19 bits per heavy atom. The van der Waals surface area contributed by atoms with Crippen molar-refractivity contribution in [3.05, 3.63) is 50.2 Å². The van der Waals surface area contributed by atoms with E-state index in [1.165, 1.54) is 11.3 Å². The van der Waals surface area contributed by atoms with Gasteiger partial charge in [0.05, 0.1) is 22.2 Å². The Balaban J connectivity index is 2.32. The van der Waals surface area contributed by atoms with Crippen LogP contribution in [0.15, 0.2) is 28.5 Å². The quantitative estimate of drug-likeness (QED) is 0.666. The zero-order valence-corrected chi connectivity index (χ0v) is 12.4. The van der Waals surface area contributed by atoms with Crippen molar-refractivity contribution in [2.75, 3.05) is 0 Å². The minimum absolute atomic E-state index is 0.125. The fraction of sp³-hybridized carbons (Fsp3) is 0.182. The van der Waals surface area contributed by atoms with E-state index in [9.17, 15) is 22.9 Å². The Morgan fingerprint density at radius 1 is 1.48 bits per heavy atom. The summed E-state index contributed by atoms with van der Waals surface area (Å²) < 4.78 is 39.8. The third-order valence-corrected chi connectivity index (χ3v) is 4.79. The summed E-state index contributed by atoms with van der Waals surface area (Å²) in [5.74, 6) is -1.20. The molecule has 0 spiro atoms. The molecule has 0 saturated carbocycles. The number of aromatic nitrogens is 1. The fourth-order valence-electron chi connectivity index (χ4n) is 1.63. The van der Waals surface area contributed by atoms with Crippen molar-refractivity contribution in [3.8, 4) is 0 Å². The van der Waals surface area contributed by atoms with E-state index in [2.05, 4.69) is 9.71 Å². The van der Waals surface area contributed by atoms with Gasteiger partial charge in [-0.15, -0.1) is 11.3 Å². The minimum Gasteiger partial charge on any atom is -0.258 e. The predicted molar refractivity (Wildman–Crippen MR) is 73.9 cm³/mol. The second-order valence-electron chi connectivity index (χ2n) is 4.03. The van der Waals surface area contributed by atoms with Crippen LogP contribution < -0.4 is 4.72 Å². The molecule has 1 heterocycles. The summed E-state index contributed by atoms with van der Waals surface area (Å²) in [5, 5.41) is 13.3. The molecule has 21 heavy (non-hydrogen) atoms. The number of halogens is 1.